The first-order valence-corrected chi connectivity index (χ1v) is 10.9. The van der Waals surface area contributed by atoms with Gasteiger partial charge in [-0.2, -0.15) is 13.2 Å². The number of anilines is 1. The maximum Gasteiger partial charge on any atom is 0.416 e. The van der Waals surface area contributed by atoms with Gasteiger partial charge in [-0.15, -0.1) is 0 Å². The molecule has 0 radical (unpaired) electrons. The van der Waals surface area contributed by atoms with Gasteiger partial charge in [0.2, 0.25) is 0 Å². The standard InChI is InChI=1S/C29H20F3NO/c30-29(31,32)23-17-15-22(16-18-23)26(21-11-5-2-6-12-21)27-24-13-7-8-14-25(24)33(28(27)34)19-20-9-3-1-4-10-20/h1-18H,19H2/b27-26+. The highest BCUT2D eigenvalue weighted by atomic mass is 19.4. The second kappa shape index (κ2) is 8.67. The van der Waals surface area contributed by atoms with Crippen LogP contribution in [0.2, 0.25) is 0 Å². The number of para-hydroxylation sites is 1. The molecule has 5 rings (SSSR count). The molecule has 0 unspecified atom stereocenters. The van der Waals surface area contributed by atoms with Crippen molar-refractivity contribution in [1.29, 1.82) is 0 Å². The summed E-state index contributed by atoms with van der Waals surface area (Å²) in [7, 11) is 0. The van der Waals surface area contributed by atoms with Crippen molar-refractivity contribution >= 4 is 22.7 Å². The predicted octanol–water partition coefficient (Wildman–Crippen LogP) is 7.21. The molecule has 34 heavy (non-hydrogen) atoms. The Bertz CT molecular complexity index is 1360. The first-order chi connectivity index (χ1) is 16.4. The molecule has 4 aromatic carbocycles. The van der Waals surface area contributed by atoms with Gasteiger partial charge < -0.3 is 4.90 Å². The highest BCUT2D eigenvalue weighted by molar-refractivity contribution is 6.38. The molecule has 0 bridgehead atoms. The van der Waals surface area contributed by atoms with Gasteiger partial charge in [0.15, 0.2) is 0 Å². The van der Waals surface area contributed by atoms with Gasteiger partial charge in [0.05, 0.1) is 23.4 Å². The summed E-state index contributed by atoms with van der Waals surface area (Å²) in [6, 6.07) is 31.6. The predicted molar refractivity (Wildman–Crippen MR) is 128 cm³/mol. The van der Waals surface area contributed by atoms with E-state index in [2.05, 4.69) is 0 Å². The molecular formula is C29H20F3NO. The van der Waals surface area contributed by atoms with Crippen molar-refractivity contribution in [2.75, 3.05) is 4.90 Å². The van der Waals surface area contributed by atoms with Crippen LogP contribution in [-0.4, -0.2) is 5.91 Å². The number of alkyl halides is 3. The van der Waals surface area contributed by atoms with Crippen LogP contribution < -0.4 is 4.90 Å². The summed E-state index contributed by atoms with van der Waals surface area (Å²) in [6.07, 6.45) is -4.43. The number of carbonyl (C=O) groups excluding carboxylic acids is 1. The van der Waals surface area contributed by atoms with Crippen molar-refractivity contribution in [2.45, 2.75) is 12.7 Å². The summed E-state index contributed by atoms with van der Waals surface area (Å²) in [5.74, 6) is -0.177. The Balaban J connectivity index is 1.71. The molecule has 168 valence electrons. The lowest BCUT2D eigenvalue weighted by atomic mass is 9.89. The highest BCUT2D eigenvalue weighted by Gasteiger charge is 2.35. The third-order valence-corrected chi connectivity index (χ3v) is 5.92. The first kappa shape index (κ1) is 21.7. The molecule has 5 heteroatoms. The Morgan fingerprint density at radius 2 is 1.24 bits per heavy atom. The topological polar surface area (TPSA) is 20.3 Å². The van der Waals surface area contributed by atoms with Gasteiger partial charge in [-0.1, -0.05) is 91.0 Å². The summed E-state index contributed by atoms with van der Waals surface area (Å²) >= 11 is 0. The van der Waals surface area contributed by atoms with Crippen molar-refractivity contribution in [1.82, 2.24) is 0 Å². The molecule has 0 N–H and O–H groups in total. The molecule has 0 saturated heterocycles. The Labute approximate surface area is 195 Å². The lowest BCUT2D eigenvalue weighted by molar-refractivity contribution is -0.137. The summed E-state index contributed by atoms with van der Waals surface area (Å²) in [6.45, 7) is 0.398. The minimum atomic E-state index is -4.43. The fourth-order valence-corrected chi connectivity index (χ4v) is 4.33. The molecule has 0 aliphatic carbocycles. The van der Waals surface area contributed by atoms with Crippen LogP contribution in [0, 0.1) is 0 Å². The van der Waals surface area contributed by atoms with E-state index in [1.54, 1.807) is 4.90 Å². The minimum Gasteiger partial charge on any atom is -0.303 e. The van der Waals surface area contributed by atoms with Crippen molar-refractivity contribution in [3.05, 3.63) is 137 Å². The second-order valence-electron chi connectivity index (χ2n) is 8.09. The van der Waals surface area contributed by atoms with Crippen molar-refractivity contribution < 1.29 is 18.0 Å². The van der Waals surface area contributed by atoms with E-state index in [4.69, 9.17) is 0 Å². The van der Waals surface area contributed by atoms with Crippen LogP contribution in [0.4, 0.5) is 18.9 Å². The summed E-state index contributed by atoms with van der Waals surface area (Å²) in [4.78, 5) is 15.6. The number of amides is 1. The number of hydrogen-bond donors (Lipinski definition) is 0. The number of hydrogen-bond acceptors (Lipinski definition) is 1. The Morgan fingerprint density at radius 1 is 0.676 bits per heavy atom. The van der Waals surface area contributed by atoms with Gasteiger partial charge in [-0.3, -0.25) is 4.79 Å². The SMILES string of the molecule is O=C1/C(=C(\c2ccccc2)c2ccc(C(F)(F)F)cc2)c2ccccc2N1Cc1ccccc1. The van der Waals surface area contributed by atoms with Gasteiger partial charge in [-0.25, -0.2) is 0 Å². The molecule has 1 aliphatic rings. The molecule has 1 aliphatic heterocycles. The van der Waals surface area contributed by atoms with Crippen LogP contribution in [0.15, 0.2) is 109 Å². The average Bonchev–Trinajstić information content (AvgIpc) is 3.12. The molecule has 1 heterocycles. The number of fused-ring (bicyclic) bond motifs is 1. The zero-order chi connectivity index (χ0) is 23.7. The monoisotopic (exact) mass is 455 g/mol. The van der Waals surface area contributed by atoms with Crippen LogP contribution in [0.5, 0.6) is 0 Å². The zero-order valence-corrected chi connectivity index (χ0v) is 18.1. The average molecular weight is 455 g/mol. The van der Waals surface area contributed by atoms with E-state index in [1.165, 1.54) is 12.1 Å². The number of benzene rings is 4. The normalized spacial score (nSPS) is 14.8. The van der Waals surface area contributed by atoms with E-state index in [0.717, 1.165) is 34.5 Å². The maximum absolute atomic E-state index is 13.9. The van der Waals surface area contributed by atoms with Gasteiger partial charge in [-0.05, 0) is 34.9 Å². The van der Waals surface area contributed by atoms with Crippen molar-refractivity contribution in [3.63, 3.8) is 0 Å². The lowest BCUT2D eigenvalue weighted by Crippen LogP contribution is -2.26. The molecule has 0 aromatic heterocycles. The quantitative estimate of drug-likeness (QED) is 0.298. The third kappa shape index (κ3) is 4.01. The van der Waals surface area contributed by atoms with Crippen molar-refractivity contribution in [3.8, 4) is 0 Å². The maximum atomic E-state index is 13.9. The van der Waals surface area contributed by atoms with Crippen LogP contribution in [0.3, 0.4) is 0 Å². The summed E-state index contributed by atoms with van der Waals surface area (Å²) in [5, 5.41) is 0. The molecule has 2 nitrogen and oxygen atoms in total. The smallest absolute Gasteiger partial charge is 0.303 e. The number of carbonyl (C=O) groups is 1. The van der Waals surface area contributed by atoms with Gasteiger partial charge in [0.1, 0.15) is 0 Å². The highest BCUT2D eigenvalue weighted by Crippen LogP contribution is 2.44. The lowest BCUT2D eigenvalue weighted by Gasteiger charge is -2.18. The Morgan fingerprint density at radius 3 is 1.88 bits per heavy atom. The van der Waals surface area contributed by atoms with Gasteiger partial charge >= 0.3 is 6.18 Å². The molecule has 4 aromatic rings. The Kier molecular flexibility index (Phi) is 5.54. The van der Waals surface area contributed by atoms with E-state index >= 15 is 0 Å². The van der Waals surface area contributed by atoms with Gasteiger partial charge in [0, 0.05) is 11.1 Å². The van der Waals surface area contributed by atoms with Gasteiger partial charge in [0.25, 0.3) is 5.91 Å². The number of halogens is 3. The van der Waals surface area contributed by atoms with E-state index in [-0.39, 0.29) is 5.91 Å². The fourth-order valence-electron chi connectivity index (χ4n) is 4.33. The Hall–Kier alpha value is -4.12. The van der Waals surface area contributed by atoms with Crippen molar-refractivity contribution in [2.24, 2.45) is 0 Å². The number of rotatable bonds is 4. The molecule has 0 atom stereocenters. The van der Waals surface area contributed by atoms with E-state index in [9.17, 15) is 18.0 Å². The third-order valence-electron chi connectivity index (χ3n) is 5.92. The summed E-state index contributed by atoms with van der Waals surface area (Å²) in [5.41, 5.74) is 4.23. The molecular weight excluding hydrogens is 435 g/mol. The minimum absolute atomic E-state index is 0.177. The first-order valence-electron chi connectivity index (χ1n) is 10.9. The van der Waals surface area contributed by atoms with Crippen LogP contribution >= 0.6 is 0 Å². The molecule has 0 saturated carbocycles. The van der Waals surface area contributed by atoms with E-state index in [0.29, 0.717) is 23.3 Å². The van der Waals surface area contributed by atoms with Crippen LogP contribution in [0.25, 0.3) is 11.1 Å². The second-order valence-corrected chi connectivity index (χ2v) is 8.09. The molecule has 0 spiro atoms. The number of nitrogens with zero attached hydrogens (tertiary/aromatic N) is 1. The molecule has 1 amide bonds. The van der Waals surface area contributed by atoms with E-state index in [1.807, 2.05) is 84.9 Å². The molecule has 0 fully saturated rings. The zero-order valence-electron chi connectivity index (χ0n) is 18.1. The van der Waals surface area contributed by atoms with E-state index < -0.39 is 11.7 Å². The van der Waals surface area contributed by atoms with Crippen LogP contribution in [-0.2, 0) is 17.5 Å². The summed E-state index contributed by atoms with van der Waals surface area (Å²) < 4.78 is 39.6. The fraction of sp³-hybridized carbons (Fsp3) is 0.0690. The van der Waals surface area contributed by atoms with Crippen LogP contribution in [0.1, 0.15) is 27.8 Å². The largest absolute Gasteiger partial charge is 0.416 e.